The van der Waals surface area contributed by atoms with Gasteiger partial charge in [0.2, 0.25) is 0 Å². The Morgan fingerprint density at radius 3 is 2.85 bits per heavy atom. The molecule has 5 nitrogen and oxygen atoms in total. The lowest BCUT2D eigenvalue weighted by atomic mass is 10.1. The van der Waals surface area contributed by atoms with Gasteiger partial charge in [0.25, 0.3) is 5.91 Å². The fourth-order valence-corrected chi connectivity index (χ4v) is 3.35. The summed E-state index contributed by atoms with van der Waals surface area (Å²) in [5.41, 5.74) is 2.06. The van der Waals surface area contributed by atoms with Crippen molar-refractivity contribution < 1.29 is 18.3 Å². The summed E-state index contributed by atoms with van der Waals surface area (Å²) in [4.78, 5) is 12.7. The van der Waals surface area contributed by atoms with E-state index < -0.39 is 0 Å². The smallest absolute Gasteiger partial charge is 0.255 e. The van der Waals surface area contributed by atoms with Crippen molar-refractivity contribution in [1.82, 2.24) is 10.6 Å². The first-order valence-electron chi connectivity index (χ1n) is 9.02. The van der Waals surface area contributed by atoms with Crippen LogP contribution in [0.4, 0.5) is 4.39 Å². The molecule has 0 saturated carbocycles. The Kier molecular flexibility index (Phi) is 4.81. The second-order valence-corrected chi connectivity index (χ2v) is 6.77. The third kappa shape index (κ3) is 3.80. The Bertz CT molecular complexity index is 959. The molecule has 2 N–H and O–H groups in total. The van der Waals surface area contributed by atoms with Gasteiger partial charge in [0.15, 0.2) is 0 Å². The van der Waals surface area contributed by atoms with Gasteiger partial charge in [-0.1, -0.05) is 12.1 Å². The number of fused-ring (bicyclic) bond motifs is 1. The summed E-state index contributed by atoms with van der Waals surface area (Å²) < 4.78 is 24.6. The highest BCUT2D eigenvalue weighted by molar-refractivity contribution is 6.07. The summed E-state index contributed by atoms with van der Waals surface area (Å²) in [7, 11) is 0. The van der Waals surface area contributed by atoms with Gasteiger partial charge in [0.1, 0.15) is 29.5 Å². The van der Waals surface area contributed by atoms with Gasteiger partial charge in [0, 0.05) is 18.0 Å². The zero-order valence-electron chi connectivity index (χ0n) is 15.0. The second-order valence-electron chi connectivity index (χ2n) is 6.77. The van der Waals surface area contributed by atoms with Gasteiger partial charge in [-0.3, -0.25) is 4.79 Å². The first-order chi connectivity index (χ1) is 13.1. The van der Waals surface area contributed by atoms with Gasteiger partial charge in [0.05, 0.1) is 5.56 Å². The van der Waals surface area contributed by atoms with Gasteiger partial charge in [-0.2, -0.15) is 0 Å². The molecule has 27 heavy (non-hydrogen) atoms. The quantitative estimate of drug-likeness (QED) is 0.723. The van der Waals surface area contributed by atoms with Crippen molar-refractivity contribution in [3.8, 4) is 5.75 Å². The summed E-state index contributed by atoms with van der Waals surface area (Å²) in [5, 5.41) is 7.03. The number of rotatable bonds is 5. The molecule has 0 spiro atoms. The standard InChI is InChI=1S/C21H21FN2O3/c1-13-20(21(25)24-16-8-9-23-11-16)18-10-17(6-7-19(18)27-13)26-12-14-2-4-15(22)5-3-14/h2-7,10,16,23H,8-9,11-12H2,1H3,(H,24,25)/t16-/m0/s1. The topological polar surface area (TPSA) is 63.5 Å². The van der Waals surface area contributed by atoms with Crippen molar-refractivity contribution in [1.29, 1.82) is 0 Å². The SMILES string of the molecule is Cc1oc2ccc(OCc3ccc(F)cc3)cc2c1C(=O)N[C@H]1CCNC1. The molecule has 0 bridgehead atoms. The zero-order valence-corrected chi connectivity index (χ0v) is 15.0. The Morgan fingerprint density at radius 2 is 2.11 bits per heavy atom. The Balaban J connectivity index is 1.55. The largest absolute Gasteiger partial charge is 0.489 e. The summed E-state index contributed by atoms with van der Waals surface area (Å²) in [6.07, 6.45) is 0.923. The number of carbonyl (C=O) groups excluding carboxylic acids is 1. The van der Waals surface area contributed by atoms with Gasteiger partial charge in [-0.25, -0.2) is 4.39 Å². The van der Waals surface area contributed by atoms with Gasteiger partial charge in [-0.15, -0.1) is 0 Å². The summed E-state index contributed by atoms with van der Waals surface area (Å²) in [5.74, 6) is 0.811. The predicted octanol–water partition coefficient (Wildman–Crippen LogP) is 3.55. The van der Waals surface area contributed by atoms with E-state index in [1.54, 1.807) is 31.2 Å². The van der Waals surface area contributed by atoms with Crippen molar-refractivity contribution in [3.05, 3.63) is 65.2 Å². The van der Waals surface area contributed by atoms with Crippen LogP contribution in [-0.4, -0.2) is 25.0 Å². The van der Waals surface area contributed by atoms with Crippen LogP contribution < -0.4 is 15.4 Å². The highest BCUT2D eigenvalue weighted by Crippen LogP contribution is 2.29. The summed E-state index contributed by atoms with van der Waals surface area (Å²) in [6.45, 7) is 3.81. The van der Waals surface area contributed by atoms with Crippen LogP contribution in [0.1, 0.15) is 28.1 Å². The number of furan rings is 1. The third-order valence-corrected chi connectivity index (χ3v) is 4.78. The van der Waals surface area contributed by atoms with E-state index in [0.717, 1.165) is 30.5 Å². The zero-order chi connectivity index (χ0) is 18.8. The second kappa shape index (κ2) is 7.40. The minimum atomic E-state index is -0.276. The van der Waals surface area contributed by atoms with Gasteiger partial charge < -0.3 is 19.8 Å². The molecule has 1 aliphatic rings. The number of amides is 1. The fraction of sp³-hybridized carbons (Fsp3) is 0.286. The molecule has 0 unspecified atom stereocenters. The van der Waals surface area contributed by atoms with Crippen molar-refractivity contribution >= 4 is 16.9 Å². The molecule has 2 aromatic carbocycles. The van der Waals surface area contributed by atoms with Crippen LogP contribution in [0.3, 0.4) is 0 Å². The Morgan fingerprint density at radius 1 is 1.30 bits per heavy atom. The van der Waals surface area contributed by atoms with Crippen LogP contribution in [0.2, 0.25) is 0 Å². The number of carbonyl (C=O) groups is 1. The maximum atomic E-state index is 13.0. The van der Waals surface area contributed by atoms with Crippen LogP contribution in [-0.2, 0) is 6.61 Å². The molecule has 1 amide bonds. The number of benzene rings is 2. The molecule has 1 aromatic heterocycles. The van der Waals surface area contributed by atoms with Crippen LogP contribution in [0.5, 0.6) is 5.75 Å². The number of halogens is 1. The summed E-state index contributed by atoms with van der Waals surface area (Å²) >= 11 is 0. The molecule has 0 radical (unpaired) electrons. The lowest BCUT2D eigenvalue weighted by Gasteiger charge is -2.11. The number of nitrogens with one attached hydrogen (secondary N) is 2. The molecular weight excluding hydrogens is 347 g/mol. The highest BCUT2D eigenvalue weighted by Gasteiger charge is 2.23. The number of ether oxygens (including phenoxy) is 1. The van der Waals surface area contributed by atoms with Crippen molar-refractivity contribution in [2.75, 3.05) is 13.1 Å². The van der Waals surface area contributed by atoms with Gasteiger partial charge >= 0.3 is 0 Å². The number of aryl methyl sites for hydroxylation is 1. The molecule has 6 heteroatoms. The average molecular weight is 368 g/mol. The van der Waals surface area contributed by atoms with E-state index in [2.05, 4.69) is 10.6 Å². The molecule has 0 aliphatic carbocycles. The van der Waals surface area contributed by atoms with Crippen LogP contribution in [0, 0.1) is 12.7 Å². The maximum absolute atomic E-state index is 13.0. The number of hydrogen-bond donors (Lipinski definition) is 2. The van der Waals surface area contributed by atoms with Crippen LogP contribution in [0.25, 0.3) is 11.0 Å². The predicted molar refractivity (Wildman–Crippen MR) is 100 cm³/mol. The molecule has 1 saturated heterocycles. The average Bonchev–Trinajstić information content (AvgIpc) is 3.27. The highest BCUT2D eigenvalue weighted by atomic mass is 19.1. The first kappa shape index (κ1) is 17.5. The third-order valence-electron chi connectivity index (χ3n) is 4.78. The van der Waals surface area contributed by atoms with Crippen LogP contribution >= 0.6 is 0 Å². The van der Waals surface area contributed by atoms with E-state index in [-0.39, 0.29) is 17.8 Å². The molecule has 3 aromatic rings. The van der Waals surface area contributed by atoms with E-state index in [1.165, 1.54) is 12.1 Å². The molecule has 140 valence electrons. The molecule has 1 aliphatic heterocycles. The molecule has 1 fully saturated rings. The molecule has 1 atom stereocenters. The van der Waals surface area contributed by atoms with Crippen LogP contribution in [0.15, 0.2) is 46.9 Å². The minimum Gasteiger partial charge on any atom is -0.489 e. The minimum absolute atomic E-state index is 0.129. The lowest BCUT2D eigenvalue weighted by molar-refractivity contribution is 0.0940. The maximum Gasteiger partial charge on any atom is 0.255 e. The van der Waals surface area contributed by atoms with E-state index in [9.17, 15) is 9.18 Å². The normalized spacial score (nSPS) is 16.6. The molecule has 2 heterocycles. The van der Waals surface area contributed by atoms with E-state index in [1.807, 2.05) is 6.07 Å². The molecular formula is C21H21FN2O3. The summed E-state index contributed by atoms with van der Waals surface area (Å²) in [6, 6.07) is 11.7. The number of hydrogen-bond acceptors (Lipinski definition) is 4. The Hall–Kier alpha value is -2.86. The first-order valence-corrected chi connectivity index (χ1v) is 9.02. The van der Waals surface area contributed by atoms with Crippen molar-refractivity contribution in [3.63, 3.8) is 0 Å². The van der Waals surface area contributed by atoms with E-state index in [0.29, 0.717) is 29.3 Å². The Labute approximate surface area is 156 Å². The monoisotopic (exact) mass is 368 g/mol. The van der Waals surface area contributed by atoms with Crippen molar-refractivity contribution in [2.24, 2.45) is 0 Å². The lowest BCUT2D eigenvalue weighted by Crippen LogP contribution is -2.36. The van der Waals surface area contributed by atoms with E-state index in [4.69, 9.17) is 9.15 Å². The fourth-order valence-electron chi connectivity index (χ4n) is 3.35. The molecule has 4 rings (SSSR count). The van der Waals surface area contributed by atoms with E-state index >= 15 is 0 Å². The van der Waals surface area contributed by atoms with Gasteiger partial charge in [-0.05, 0) is 55.8 Å². The van der Waals surface area contributed by atoms with Crippen molar-refractivity contribution in [2.45, 2.75) is 26.0 Å².